The van der Waals surface area contributed by atoms with Crippen molar-refractivity contribution in [3.05, 3.63) is 60.5 Å². The number of amides is 1. The predicted molar refractivity (Wildman–Crippen MR) is 110 cm³/mol. The summed E-state index contributed by atoms with van der Waals surface area (Å²) in [5.74, 6) is -0.121. The molecular weight excluding hydrogens is 490 g/mol. The van der Waals surface area contributed by atoms with E-state index in [0.717, 1.165) is 0 Å². The first-order valence-electron chi connectivity index (χ1n) is 7.14. The number of hydrogen-bond donors (Lipinski definition) is 2. The summed E-state index contributed by atoms with van der Waals surface area (Å²) in [7, 11) is 1.45. The first-order chi connectivity index (χ1) is 12.2. The lowest BCUT2D eigenvalue weighted by molar-refractivity contribution is -0.385. The van der Waals surface area contributed by atoms with Crippen LogP contribution in [-0.4, -0.2) is 23.1 Å². The maximum absolute atomic E-state index is 12.5. The van der Waals surface area contributed by atoms with Crippen molar-refractivity contribution in [3.63, 3.8) is 0 Å². The molecule has 0 heterocycles. The van der Waals surface area contributed by atoms with Crippen LogP contribution in [0.5, 0.6) is 5.75 Å². The van der Waals surface area contributed by atoms with Crippen LogP contribution < -0.4 is 15.4 Å². The number of hydrogen-bond acceptors (Lipinski definition) is 5. The lowest BCUT2D eigenvalue weighted by Crippen LogP contribution is -2.34. The summed E-state index contributed by atoms with van der Waals surface area (Å²) in [5, 5.41) is 16.4. The molecule has 0 spiro atoms. The van der Waals surface area contributed by atoms with Crippen LogP contribution in [0.1, 0.15) is 15.9 Å². The van der Waals surface area contributed by atoms with E-state index >= 15 is 0 Å². The van der Waals surface area contributed by atoms with Crippen LogP contribution in [0.3, 0.4) is 0 Å². The van der Waals surface area contributed by atoms with Crippen LogP contribution in [0.2, 0.25) is 0 Å². The average Bonchev–Trinajstić information content (AvgIpc) is 2.55. The Hall–Kier alpha value is -2.04. The van der Waals surface area contributed by atoms with Gasteiger partial charge in [0, 0.05) is 10.5 Å². The number of methoxy groups -OCH3 is 1. The monoisotopic (exact) mass is 501 g/mol. The van der Waals surface area contributed by atoms with Crippen LogP contribution in [0, 0.1) is 17.0 Å². The Kier molecular flexibility index (Phi) is 6.68. The number of carbonyl (C=O) groups excluding carboxylic acids is 1. The van der Waals surface area contributed by atoms with Gasteiger partial charge in [-0.25, -0.2) is 0 Å². The number of nitro groups is 1. The van der Waals surface area contributed by atoms with Gasteiger partial charge in [-0.2, -0.15) is 0 Å². The molecule has 0 aromatic heterocycles. The van der Waals surface area contributed by atoms with Crippen molar-refractivity contribution in [2.75, 3.05) is 12.4 Å². The average molecular weight is 503 g/mol. The Morgan fingerprint density at radius 2 is 2.00 bits per heavy atom. The van der Waals surface area contributed by atoms with Crippen molar-refractivity contribution < 1.29 is 14.5 Å². The number of carbonyl (C=O) groups is 1. The lowest BCUT2D eigenvalue weighted by atomic mass is 10.1. The number of nitro benzene ring substituents is 1. The summed E-state index contributed by atoms with van der Waals surface area (Å²) in [5.41, 5.74) is 1.08. The highest BCUT2D eigenvalue weighted by molar-refractivity contribution is 9.11. The summed E-state index contributed by atoms with van der Waals surface area (Å²) in [6.45, 7) is 1.60. The number of rotatable bonds is 4. The number of ether oxygens (including phenoxy) is 1. The van der Waals surface area contributed by atoms with Gasteiger partial charge in [0.1, 0.15) is 5.75 Å². The van der Waals surface area contributed by atoms with Crippen LogP contribution in [-0.2, 0) is 0 Å². The van der Waals surface area contributed by atoms with E-state index in [9.17, 15) is 14.9 Å². The smallest absolute Gasteiger partial charge is 0.274 e. The molecule has 0 radical (unpaired) electrons. The zero-order valence-corrected chi connectivity index (χ0v) is 17.6. The van der Waals surface area contributed by atoms with Gasteiger partial charge in [-0.05, 0) is 53.3 Å². The Balaban J connectivity index is 2.20. The quantitative estimate of drug-likeness (QED) is 0.361. The second-order valence-electron chi connectivity index (χ2n) is 5.08. The molecule has 10 heteroatoms. The van der Waals surface area contributed by atoms with E-state index in [1.807, 2.05) is 0 Å². The van der Waals surface area contributed by atoms with Gasteiger partial charge in [-0.1, -0.05) is 22.0 Å². The number of halogens is 2. The molecule has 0 atom stereocenters. The van der Waals surface area contributed by atoms with E-state index in [2.05, 4.69) is 42.5 Å². The molecule has 0 aliphatic rings. The number of thiocarbonyl (C=S) groups is 1. The Morgan fingerprint density at radius 3 is 2.62 bits per heavy atom. The number of anilines is 1. The SMILES string of the molecule is COc1c(Br)cc(Br)cc1C(=O)NC(=S)Nc1cccc([N+](=O)[O-])c1C. The summed E-state index contributed by atoms with van der Waals surface area (Å²) in [6, 6.07) is 7.91. The molecule has 7 nitrogen and oxygen atoms in total. The zero-order chi connectivity index (χ0) is 19.4. The Morgan fingerprint density at radius 1 is 1.31 bits per heavy atom. The van der Waals surface area contributed by atoms with E-state index in [1.165, 1.54) is 19.2 Å². The van der Waals surface area contributed by atoms with Gasteiger partial charge in [0.2, 0.25) is 0 Å². The van der Waals surface area contributed by atoms with Gasteiger partial charge in [0.05, 0.1) is 33.3 Å². The fourth-order valence-electron chi connectivity index (χ4n) is 2.22. The molecule has 0 bridgehead atoms. The molecule has 0 saturated heterocycles. The molecular formula is C16H13Br2N3O4S. The standard InChI is InChI=1S/C16H13Br2N3O4S/c1-8-12(4-3-5-13(8)21(23)24)19-16(26)20-15(22)10-6-9(17)7-11(18)14(10)25-2/h3-7H,1-2H3,(H2,19,20,22,26). The third-order valence-electron chi connectivity index (χ3n) is 3.43. The van der Waals surface area contributed by atoms with Gasteiger partial charge in [-0.15, -0.1) is 0 Å². The van der Waals surface area contributed by atoms with Crippen molar-refractivity contribution in [2.45, 2.75) is 6.92 Å². The van der Waals surface area contributed by atoms with Gasteiger partial charge in [-0.3, -0.25) is 20.2 Å². The van der Waals surface area contributed by atoms with Crippen LogP contribution >= 0.6 is 44.1 Å². The molecule has 2 N–H and O–H groups in total. The van der Waals surface area contributed by atoms with Crippen molar-refractivity contribution in [1.29, 1.82) is 0 Å². The Bertz CT molecular complexity index is 905. The normalized spacial score (nSPS) is 10.2. The highest BCUT2D eigenvalue weighted by atomic mass is 79.9. The van der Waals surface area contributed by atoms with Crippen LogP contribution in [0.15, 0.2) is 39.3 Å². The molecule has 1 amide bonds. The minimum atomic E-state index is -0.482. The van der Waals surface area contributed by atoms with Crippen LogP contribution in [0.4, 0.5) is 11.4 Å². The van der Waals surface area contributed by atoms with E-state index in [0.29, 0.717) is 25.9 Å². The van der Waals surface area contributed by atoms with Crippen molar-refractivity contribution in [1.82, 2.24) is 5.32 Å². The predicted octanol–water partition coefficient (Wildman–Crippen LogP) is 4.56. The molecule has 2 aromatic rings. The molecule has 0 fully saturated rings. The van der Waals surface area contributed by atoms with E-state index in [4.69, 9.17) is 17.0 Å². The second-order valence-corrected chi connectivity index (χ2v) is 7.26. The second kappa shape index (κ2) is 8.56. The first kappa shape index (κ1) is 20.3. The third kappa shape index (κ3) is 4.57. The minimum absolute atomic E-state index is 0.0109. The van der Waals surface area contributed by atoms with E-state index in [-0.39, 0.29) is 16.4 Å². The number of nitrogens with one attached hydrogen (secondary N) is 2. The molecule has 0 aliphatic carbocycles. The summed E-state index contributed by atoms with van der Waals surface area (Å²) >= 11 is 11.8. The highest BCUT2D eigenvalue weighted by Gasteiger charge is 2.19. The molecule has 26 heavy (non-hydrogen) atoms. The largest absolute Gasteiger partial charge is 0.495 e. The van der Waals surface area contributed by atoms with Gasteiger partial charge in [0.25, 0.3) is 11.6 Å². The number of nitrogens with zero attached hydrogens (tertiary/aromatic N) is 1. The fourth-order valence-corrected chi connectivity index (χ4v) is 3.81. The summed E-state index contributed by atoms with van der Waals surface area (Å²) in [6.07, 6.45) is 0. The Labute approximate surface area is 171 Å². The number of benzene rings is 2. The van der Waals surface area contributed by atoms with E-state index in [1.54, 1.807) is 25.1 Å². The van der Waals surface area contributed by atoms with Gasteiger partial charge >= 0.3 is 0 Å². The maximum atomic E-state index is 12.5. The third-order valence-corrected chi connectivity index (χ3v) is 4.69. The van der Waals surface area contributed by atoms with Gasteiger partial charge in [0.15, 0.2) is 5.11 Å². The van der Waals surface area contributed by atoms with Crippen molar-refractivity contribution >= 4 is 66.5 Å². The fraction of sp³-hybridized carbons (Fsp3) is 0.125. The minimum Gasteiger partial charge on any atom is -0.495 e. The zero-order valence-electron chi connectivity index (χ0n) is 13.6. The molecule has 0 aliphatic heterocycles. The van der Waals surface area contributed by atoms with Gasteiger partial charge < -0.3 is 10.1 Å². The lowest BCUT2D eigenvalue weighted by Gasteiger charge is -2.14. The summed E-state index contributed by atoms with van der Waals surface area (Å²) < 4.78 is 6.53. The maximum Gasteiger partial charge on any atom is 0.274 e. The molecule has 2 rings (SSSR count). The van der Waals surface area contributed by atoms with Crippen molar-refractivity contribution in [2.24, 2.45) is 0 Å². The van der Waals surface area contributed by atoms with E-state index < -0.39 is 10.8 Å². The van der Waals surface area contributed by atoms with Crippen LogP contribution in [0.25, 0.3) is 0 Å². The molecule has 0 unspecified atom stereocenters. The summed E-state index contributed by atoms with van der Waals surface area (Å²) in [4.78, 5) is 23.1. The molecule has 0 saturated carbocycles. The molecule has 136 valence electrons. The molecule has 2 aromatic carbocycles. The van der Waals surface area contributed by atoms with Crippen molar-refractivity contribution in [3.8, 4) is 5.75 Å². The topological polar surface area (TPSA) is 93.5 Å². The highest BCUT2D eigenvalue weighted by Crippen LogP contribution is 2.32. The first-order valence-corrected chi connectivity index (χ1v) is 9.13.